The first-order chi connectivity index (χ1) is 19.3. The third-order valence-corrected chi connectivity index (χ3v) is 9.59. The van der Waals surface area contributed by atoms with Crippen molar-refractivity contribution < 1.29 is 23.4 Å². The highest BCUT2D eigenvalue weighted by molar-refractivity contribution is 8.07. The number of hydrogen-bond acceptors (Lipinski definition) is 6. The molecule has 0 aromatic carbocycles. The number of thiocarbonyl (C=S) groups is 1. The predicted octanol–water partition coefficient (Wildman–Crippen LogP) is 7.91. The van der Waals surface area contributed by atoms with Crippen LogP contribution in [0.4, 0.5) is 0 Å². The van der Waals surface area contributed by atoms with Crippen LogP contribution in [0.15, 0.2) is 12.2 Å². The minimum Gasteiger partial charge on any atom is -0.382 e. The quantitative estimate of drug-likeness (QED) is 0.0334. The Hall–Kier alpha value is 0.145. The van der Waals surface area contributed by atoms with E-state index >= 15 is 0 Å². The summed E-state index contributed by atoms with van der Waals surface area (Å²) >= 11 is 10.6. The molecule has 10 heteroatoms. The van der Waals surface area contributed by atoms with Crippen molar-refractivity contribution in [3.63, 3.8) is 0 Å². The summed E-state index contributed by atoms with van der Waals surface area (Å²) in [5, 5.41) is 3.42. The van der Waals surface area contributed by atoms with E-state index in [0.29, 0.717) is 13.0 Å². The maximum absolute atomic E-state index is 10.2. The monoisotopic (exact) mass is 617 g/mol. The van der Waals surface area contributed by atoms with Crippen LogP contribution in [0.5, 0.6) is 0 Å². The fourth-order valence-corrected chi connectivity index (χ4v) is 6.36. The first-order valence-corrected chi connectivity index (χ1v) is 18.7. The molecule has 1 saturated heterocycles. The summed E-state index contributed by atoms with van der Waals surface area (Å²) in [6, 6.07) is -0.512. The smallest absolute Gasteiger partial charge is 0.324 e. The van der Waals surface area contributed by atoms with E-state index < -0.39 is 24.9 Å². The summed E-state index contributed by atoms with van der Waals surface area (Å²) in [7, 11) is 9.13. The second-order valence-corrected chi connectivity index (χ2v) is 14.4. The van der Waals surface area contributed by atoms with E-state index in [1.807, 2.05) is 0 Å². The number of nitrogens with one attached hydrogen (secondary N) is 1. The fraction of sp³-hybridized carbons (Fsp3) is 0.900. The van der Waals surface area contributed by atoms with Crippen molar-refractivity contribution >= 4 is 43.6 Å². The van der Waals surface area contributed by atoms with E-state index in [0.717, 1.165) is 37.2 Å². The molecule has 2 N–H and O–H groups in total. The van der Waals surface area contributed by atoms with E-state index in [4.69, 9.17) is 50.4 Å². The lowest BCUT2D eigenvalue weighted by Gasteiger charge is -2.26. The molecule has 2 unspecified atom stereocenters. The molecule has 0 amide bonds. The van der Waals surface area contributed by atoms with Crippen LogP contribution in [0.3, 0.4) is 0 Å². The summed E-state index contributed by atoms with van der Waals surface area (Å²) in [6.45, 7) is 0.186. The second-order valence-electron chi connectivity index (χ2n) is 11.0. The number of hydrogen-bond donors (Lipinski definition) is 2. The fourth-order valence-electron chi connectivity index (χ4n) is 5.13. The zero-order valence-corrected chi connectivity index (χ0v) is 28.1. The van der Waals surface area contributed by atoms with E-state index in [1.54, 1.807) is 7.11 Å². The summed E-state index contributed by atoms with van der Waals surface area (Å²) in [5.41, 5.74) is 0. The van der Waals surface area contributed by atoms with Gasteiger partial charge < -0.3 is 28.7 Å². The number of rotatable bonds is 26. The van der Waals surface area contributed by atoms with Crippen LogP contribution in [-0.4, -0.2) is 63.3 Å². The van der Waals surface area contributed by atoms with Crippen molar-refractivity contribution in [1.29, 1.82) is 0 Å². The highest BCUT2D eigenvalue weighted by Gasteiger charge is 2.44. The van der Waals surface area contributed by atoms with Gasteiger partial charge in [-0.1, -0.05) is 108 Å². The van der Waals surface area contributed by atoms with Crippen molar-refractivity contribution in [1.82, 2.24) is 5.32 Å². The van der Waals surface area contributed by atoms with Gasteiger partial charge in [-0.15, -0.1) is 0 Å². The molecule has 2 radical (unpaired) electrons. The van der Waals surface area contributed by atoms with E-state index in [1.165, 1.54) is 90.6 Å². The Labute approximate surface area is 257 Å². The molecule has 1 aliphatic heterocycles. The molecule has 0 bridgehead atoms. The summed E-state index contributed by atoms with van der Waals surface area (Å²) in [5.74, 6) is -0.134. The van der Waals surface area contributed by atoms with E-state index in [-0.39, 0.29) is 5.92 Å². The Kier molecular flexibility index (Phi) is 23.4. The SMILES string of the molecule is [B][C@@H]1O[C@H](COC)C(OP(O)(=S)OC)[C@@H]1C/C=C/CCCCNC(=S)CCCCCCCCCCCCCCC. The lowest BCUT2D eigenvalue weighted by atomic mass is 9.82. The van der Waals surface area contributed by atoms with Crippen LogP contribution in [0.25, 0.3) is 0 Å². The van der Waals surface area contributed by atoms with Crippen molar-refractivity contribution in [3.8, 4) is 0 Å². The topological polar surface area (TPSA) is 69.2 Å². The molecule has 40 heavy (non-hydrogen) atoms. The van der Waals surface area contributed by atoms with Crippen molar-refractivity contribution in [2.75, 3.05) is 27.4 Å². The Morgan fingerprint density at radius 3 is 2.10 bits per heavy atom. The Bertz CT molecular complexity index is 718. The summed E-state index contributed by atoms with van der Waals surface area (Å²) in [4.78, 5) is 11.2. The zero-order chi connectivity index (χ0) is 29.5. The highest BCUT2D eigenvalue weighted by Crippen LogP contribution is 2.48. The van der Waals surface area contributed by atoms with Crippen LogP contribution in [0, 0.1) is 5.92 Å². The highest BCUT2D eigenvalue weighted by atomic mass is 32.5. The lowest BCUT2D eigenvalue weighted by molar-refractivity contribution is -0.0146. The maximum Gasteiger partial charge on any atom is 0.324 e. The number of unbranched alkanes of at least 4 members (excludes halogenated alkanes) is 14. The van der Waals surface area contributed by atoms with Gasteiger partial charge in [0.2, 0.25) is 0 Å². The van der Waals surface area contributed by atoms with Gasteiger partial charge in [-0.3, -0.25) is 0 Å². The Balaban J connectivity index is 2.05. The molecule has 0 spiro atoms. The van der Waals surface area contributed by atoms with Gasteiger partial charge in [0.05, 0.1) is 11.6 Å². The average Bonchev–Trinajstić information content (AvgIpc) is 3.21. The van der Waals surface area contributed by atoms with Crippen LogP contribution in [0.2, 0.25) is 0 Å². The van der Waals surface area contributed by atoms with Gasteiger partial charge in [-0.25, -0.2) is 0 Å². The molecule has 5 atom stereocenters. The third-order valence-electron chi connectivity index (χ3n) is 7.56. The predicted molar refractivity (Wildman–Crippen MR) is 177 cm³/mol. The minimum atomic E-state index is -3.33. The molecule has 232 valence electrons. The maximum atomic E-state index is 10.2. The van der Waals surface area contributed by atoms with Gasteiger partial charge >= 0.3 is 6.72 Å². The largest absolute Gasteiger partial charge is 0.382 e. The third kappa shape index (κ3) is 18.6. The van der Waals surface area contributed by atoms with Crippen LogP contribution in [-0.2, 0) is 30.3 Å². The van der Waals surface area contributed by atoms with Gasteiger partial charge in [0.15, 0.2) is 0 Å². The molecule has 1 fully saturated rings. The van der Waals surface area contributed by atoms with Gasteiger partial charge in [0, 0.05) is 32.7 Å². The van der Waals surface area contributed by atoms with Crippen LogP contribution in [0.1, 0.15) is 122 Å². The first kappa shape index (κ1) is 38.2. The van der Waals surface area contributed by atoms with Crippen LogP contribution >= 0.6 is 18.9 Å². The van der Waals surface area contributed by atoms with Crippen LogP contribution < -0.4 is 5.32 Å². The molecule has 0 saturated carbocycles. The Morgan fingerprint density at radius 2 is 1.52 bits per heavy atom. The van der Waals surface area contributed by atoms with Crippen molar-refractivity contribution in [3.05, 3.63) is 12.2 Å². The molecule has 1 heterocycles. The second kappa shape index (κ2) is 24.6. The standard InChI is InChI=1S/C30H57BNO5PS2/c1-4-5-6-7-8-9-10-11-12-13-14-17-20-23-28(39)32-24-21-18-15-16-19-22-26-29(37-38(33,40)35-3)27(25-34-2)36-30(26)31/h16,19,26-27,29-30H,4-15,17-18,20-25H2,1-3H3,(H,32,39)(H,33,40)/b19-16+/t26-,27+,29?,30+,38?/m0/s1. The molecule has 0 aromatic heterocycles. The van der Waals surface area contributed by atoms with E-state index in [2.05, 4.69) is 24.4 Å². The molecular formula is C30H57BNO5PS2. The van der Waals surface area contributed by atoms with Gasteiger partial charge in [-0.05, 0) is 50.3 Å². The molecular weight excluding hydrogens is 560 g/mol. The lowest BCUT2D eigenvalue weighted by Crippen LogP contribution is -2.32. The molecule has 1 rings (SSSR count). The molecule has 0 aliphatic carbocycles. The zero-order valence-electron chi connectivity index (χ0n) is 25.5. The number of methoxy groups -OCH3 is 1. The van der Waals surface area contributed by atoms with Gasteiger partial charge in [-0.2, -0.15) is 0 Å². The minimum absolute atomic E-state index is 0.134. The summed E-state index contributed by atoms with van der Waals surface area (Å²) in [6.07, 6.45) is 26.1. The number of allylic oxidation sites excluding steroid dienone is 2. The van der Waals surface area contributed by atoms with Crippen molar-refractivity contribution in [2.45, 2.75) is 141 Å². The van der Waals surface area contributed by atoms with E-state index in [9.17, 15) is 4.89 Å². The van der Waals surface area contributed by atoms with Gasteiger partial charge in [0.1, 0.15) is 20.1 Å². The average molecular weight is 618 g/mol. The Morgan fingerprint density at radius 1 is 0.925 bits per heavy atom. The summed E-state index contributed by atoms with van der Waals surface area (Å²) < 4.78 is 21.7. The molecule has 6 nitrogen and oxygen atoms in total. The molecule has 1 aliphatic rings. The first-order valence-electron chi connectivity index (χ1n) is 15.7. The van der Waals surface area contributed by atoms with Crippen molar-refractivity contribution in [2.24, 2.45) is 5.92 Å². The molecule has 0 aromatic rings. The van der Waals surface area contributed by atoms with Gasteiger partial charge in [0.25, 0.3) is 0 Å². The normalized spacial score (nSPS) is 22.6. The number of ether oxygens (including phenoxy) is 2.